The molecule has 0 heterocycles. The molecule has 2 heteroatoms. The number of anilines is 1. The molecule has 1 aromatic carbocycles. The third-order valence-electron chi connectivity index (χ3n) is 1.82. The van der Waals surface area contributed by atoms with Crippen molar-refractivity contribution in [1.82, 2.24) is 0 Å². The summed E-state index contributed by atoms with van der Waals surface area (Å²) in [6.45, 7) is 4.19. The first-order chi connectivity index (χ1) is 6.33. The van der Waals surface area contributed by atoms with Crippen molar-refractivity contribution in [3.8, 4) is 5.75 Å². The Hall–Kier alpha value is -1.18. The summed E-state index contributed by atoms with van der Waals surface area (Å²) in [6, 6.07) is 7.13. The number of benzene rings is 1. The molecule has 13 heavy (non-hydrogen) atoms. The second kappa shape index (κ2) is 5.46. The zero-order valence-corrected chi connectivity index (χ0v) is 7.96. The van der Waals surface area contributed by atoms with Gasteiger partial charge in [-0.15, -0.1) is 0 Å². The maximum absolute atomic E-state index is 9.16. The van der Waals surface area contributed by atoms with Crippen LogP contribution in [0.5, 0.6) is 5.75 Å². The minimum Gasteiger partial charge on any atom is -0.508 e. The Kier molecular flexibility index (Phi) is 4.16. The predicted octanol–water partition coefficient (Wildman–Crippen LogP) is 3.16. The Balaban J connectivity index is 2.28. The molecule has 1 aromatic rings. The fraction of sp³-hybridized carbons (Fsp3) is 0.364. The fourth-order valence-electron chi connectivity index (χ4n) is 1.09. The van der Waals surface area contributed by atoms with E-state index >= 15 is 0 Å². The van der Waals surface area contributed by atoms with Crippen molar-refractivity contribution in [2.45, 2.75) is 26.2 Å². The van der Waals surface area contributed by atoms with E-state index in [0.717, 1.165) is 12.1 Å². The second-order valence-electron chi connectivity index (χ2n) is 3.04. The molecule has 0 aliphatic rings. The van der Waals surface area contributed by atoms with Crippen molar-refractivity contribution in [3.63, 3.8) is 0 Å². The molecule has 2 N–H and O–H groups in total. The van der Waals surface area contributed by atoms with Crippen LogP contribution in [-0.2, 0) is 0 Å². The van der Waals surface area contributed by atoms with Crippen molar-refractivity contribution in [2.24, 2.45) is 0 Å². The van der Waals surface area contributed by atoms with Gasteiger partial charge in [0.15, 0.2) is 0 Å². The van der Waals surface area contributed by atoms with E-state index in [4.69, 9.17) is 5.11 Å². The summed E-state index contributed by atoms with van der Waals surface area (Å²) in [6.07, 6.45) is 3.47. The molecule has 0 saturated carbocycles. The molecule has 0 aliphatic carbocycles. The maximum atomic E-state index is 9.16. The minimum atomic E-state index is 0.300. The molecule has 71 valence electrons. The number of phenolic OH excluding ortho intramolecular Hbond substituents is 1. The normalized spacial score (nSPS) is 9.92. The van der Waals surface area contributed by atoms with Gasteiger partial charge in [0.25, 0.3) is 0 Å². The predicted molar refractivity (Wildman–Crippen MR) is 55.6 cm³/mol. The van der Waals surface area contributed by atoms with Crippen LogP contribution in [0.3, 0.4) is 0 Å². The third kappa shape index (κ3) is 3.83. The summed E-state index contributed by atoms with van der Waals surface area (Å²) in [4.78, 5) is 0. The highest BCUT2D eigenvalue weighted by atomic mass is 16.3. The van der Waals surface area contributed by atoms with Gasteiger partial charge in [-0.05, 0) is 18.6 Å². The highest BCUT2D eigenvalue weighted by molar-refractivity contribution is 5.48. The van der Waals surface area contributed by atoms with Gasteiger partial charge in [0, 0.05) is 18.3 Å². The molecular weight excluding hydrogens is 162 g/mol. The van der Waals surface area contributed by atoms with Gasteiger partial charge >= 0.3 is 0 Å². The zero-order chi connectivity index (χ0) is 9.52. The van der Waals surface area contributed by atoms with Gasteiger partial charge in [-0.2, -0.15) is 0 Å². The van der Waals surface area contributed by atoms with E-state index in [1.165, 1.54) is 12.8 Å². The third-order valence-corrected chi connectivity index (χ3v) is 1.82. The smallest absolute Gasteiger partial charge is 0.117 e. The SMILES string of the molecule is CCCC[CH]Nc1cccc(O)c1. The van der Waals surface area contributed by atoms with E-state index in [2.05, 4.69) is 12.2 Å². The Morgan fingerprint density at radius 1 is 1.46 bits per heavy atom. The first-order valence-corrected chi connectivity index (χ1v) is 4.70. The lowest BCUT2D eigenvalue weighted by atomic mass is 10.2. The summed E-state index contributed by atoms with van der Waals surface area (Å²) in [5, 5.41) is 12.3. The standard InChI is InChI=1S/C11H16NO/c1-2-3-4-8-12-10-6-5-7-11(13)9-10/h5-9,12-13H,2-4H2,1H3. The minimum absolute atomic E-state index is 0.300. The molecule has 0 unspecified atom stereocenters. The number of hydrogen-bond donors (Lipinski definition) is 2. The van der Waals surface area contributed by atoms with Crippen LogP contribution >= 0.6 is 0 Å². The van der Waals surface area contributed by atoms with E-state index in [-0.39, 0.29) is 0 Å². The van der Waals surface area contributed by atoms with Crippen molar-refractivity contribution in [1.29, 1.82) is 0 Å². The van der Waals surface area contributed by atoms with Crippen LogP contribution < -0.4 is 5.32 Å². The molecular formula is C11H16NO. The van der Waals surface area contributed by atoms with Crippen LogP contribution in [-0.4, -0.2) is 5.11 Å². The van der Waals surface area contributed by atoms with Crippen molar-refractivity contribution < 1.29 is 5.11 Å². The molecule has 0 atom stereocenters. The van der Waals surface area contributed by atoms with Crippen molar-refractivity contribution >= 4 is 5.69 Å². The highest BCUT2D eigenvalue weighted by Gasteiger charge is 1.92. The number of phenols is 1. The summed E-state index contributed by atoms with van der Waals surface area (Å²) < 4.78 is 0. The molecule has 2 nitrogen and oxygen atoms in total. The highest BCUT2D eigenvalue weighted by Crippen LogP contribution is 2.16. The van der Waals surface area contributed by atoms with Crippen LogP contribution in [0.15, 0.2) is 24.3 Å². The molecule has 0 saturated heterocycles. The van der Waals surface area contributed by atoms with Crippen molar-refractivity contribution in [2.75, 3.05) is 5.32 Å². The molecule has 0 amide bonds. The Morgan fingerprint density at radius 2 is 2.31 bits per heavy atom. The van der Waals surface area contributed by atoms with Gasteiger partial charge in [0.1, 0.15) is 5.75 Å². The van der Waals surface area contributed by atoms with E-state index in [0.29, 0.717) is 5.75 Å². The lowest BCUT2D eigenvalue weighted by molar-refractivity contribution is 0.475. The lowest BCUT2D eigenvalue weighted by Crippen LogP contribution is -1.93. The summed E-state index contributed by atoms with van der Waals surface area (Å²) in [5.41, 5.74) is 0.941. The average Bonchev–Trinajstić information content (AvgIpc) is 2.13. The molecule has 0 aliphatic heterocycles. The Morgan fingerprint density at radius 3 is 3.00 bits per heavy atom. The number of hydrogen-bond acceptors (Lipinski definition) is 2. The first kappa shape index (κ1) is 9.90. The van der Waals surface area contributed by atoms with E-state index in [1.807, 2.05) is 18.7 Å². The second-order valence-corrected chi connectivity index (χ2v) is 3.04. The van der Waals surface area contributed by atoms with Crippen LogP contribution in [0.1, 0.15) is 26.2 Å². The van der Waals surface area contributed by atoms with Gasteiger partial charge in [0.05, 0.1) is 0 Å². The van der Waals surface area contributed by atoms with Crippen LogP contribution in [0.4, 0.5) is 5.69 Å². The molecule has 1 radical (unpaired) electrons. The monoisotopic (exact) mass is 178 g/mol. The van der Waals surface area contributed by atoms with Gasteiger partial charge in [0.2, 0.25) is 0 Å². The molecule has 0 aromatic heterocycles. The summed E-state index contributed by atoms with van der Waals surface area (Å²) in [5.74, 6) is 0.300. The maximum Gasteiger partial charge on any atom is 0.117 e. The number of aromatic hydroxyl groups is 1. The summed E-state index contributed by atoms with van der Waals surface area (Å²) in [7, 11) is 0. The topological polar surface area (TPSA) is 32.3 Å². The number of rotatable bonds is 5. The van der Waals surface area contributed by atoms with Crippen LogP contribution in [0.2, 0.25) is 0 Å². The zero-order valence-electron chi connectivity index (χ0n) is 7.96. The summed E-state index contributed by atoms with van der Waals surface area (Å²) >= 11 is 0. The molecule has 1 rings (SSSR count). The average molecular weight is 178 g/mol. The first-order valence-electron chi connectivity index (χ1n) is 4.70. The fourth-order valence-corrected chi connectivity index (χ4v) is 1.09. The Labute approximate surface area is 79.6 Å². The number of unbranched alkanes of at least 4 members (excludes halogenated alkanes) is 2. The molecule has 0 fully saturated rings. The van der Waals surface area contributed by atoms with Crippen LogP contribution in [0, 0.1) is 6.54 Å². The van der Waals surface area contributed by atoms with Crippen LogP contribution in [0.25, 0.3) is 0 Å². The van der Waals surface area contributed by atoms with E-state index < -0.39 is 0 Å². The molecule has 0 bridgehead atoms. The Bertz CT molecular complexity index is 248. The van der Waals surface area contributed by atoms with E-state index in [9.17, 15) is 0 Å². The number of nitrogens with one attached hydrogen (secondary N) is 1. The van der Waals surface area contributed by atoms with Crippen molar-refractivity contribution in [3.05, 3.63) is 30.8 Å². The largest absolute Gasteiger partial charge is 0.508 e. The molecule has 0 spiro atoms. The van der Waals surface area contributed by atoms with Gasteiger partial charge in [-0.1, -0.05) is 25.8 Å². The van der Waals surface area contributed by atoms with Gasteiger partial charge in [-0.25, -0.2) is 0 Å². The quantitative estimate of drug-likeness (QED) is 0.679. The van der Waals surface area contributed by atoms with E-state index in [1.54, 1.807) is 12.1 Å². The van der Waals surface area contributed by atoms with Gasteiger partial charge < -0.3 is 10.4 Å². The lowest BCUT2D eigenvalue weighted by Gasteiger charge is -2.04. The van der Waals surface area contributed by atoms with Gasteiger partial charge in [-0.3, -0.25) is 0 Å².